The van der Waals surface area contributed by atoms with E-state index in [1.165, 1.54) is 25.1 Å². The second-order valence-electron chi connectivity index (χ2n) is 2.85. The van der Waals surface area contributed by atoms with Gasteiger partial charge in [0, 0.05) is 16.4 Å². The highest BCUT2D eigenvalue weighted by atomic mass is 35.7. The Hall–Kier alpha value is -0.660. The zero-order chi connectivity index (χ0) is 12.4. The minimum atomic E-state index is -4.30. The molecule has 8 heteroatoms. The van der Waals surface area contributed by atoms with Crippen LogP contribution in [-0.2, 0) is 19.0 Å². The van der Waals surface area contributed by atoms with Crippen LogP contribution in [0.25, 0.3) is 0 Å². The Morgan fingerprint density at radius 3 is 2.31 bits per heavy atom. The van der Waals surface area contributed by atoms with Crippen LogP contribution in [0.15, 0.2) is 32.9 Å². The summed E-state index contributed by atoms with van der Waals surface area (Å²) in [7, 11) is -2.77. The highest BCUT2D eigenvalue weighted by Gasteiger charge is 2.18. The van der Waals surface area contributed by atoms with Gasteiger partial charge in [-0.2, -0.15) is 8.42 Å². The second kappa shape index (κ2) is 4.68. The van der Waals surface area contributed by atoms with E-state index in [1.807, 2.05) is 0 Å². The van der Waals surface area contributed by atoms with Gasteiger partial charge in [-0.05, 0) is 12.1 Å². The largest absolute Gasteiger partial charge is 0.347 e. The Labute approximate surface area is 98.2 Å². The topological polar surface area (TPSA) is 63.6 Å². The average Bonchev–Trinajstić information content (AvgIpc) is 2.15. The molecule has 4 nitrogen and oxygen atoms in total. The fourth-order valence-corrected chi connectivity index (χ4v) is 4.78. The molecule has 0 spiro atoms. The molecule has 0 saturated carbocycles. The van der Waals surface area contributed by atoms with Crippen molar-refractivity contribution in [1.82, 2.24) is 0 Å². The molecule has 1 rings (SSSR count). The Bertz CT molecular complexity index is 605. The van der Waals surface area contributed by atoms with Crippen LogP contribution < -0.4 is 0 Å². The lowest BCUT2D eigenvalue weighted by atomic mass is 10.3. The highest BCUT2D eigenvalue weighted by Crippen LogP contribution is 2.20. The van der Waals surface area contributed by atoms with Crippen molar-refractivity contribution in [3.63, 3.8) is 0 Å². The molecule has 0 aliphatic rings. The van der Waals surface area contributed by atoms with Gasteiger partial charge in [0.2, 0.25) is 0 Å². The van der Waals surface area contributed by atoms with Crippen LogP contribution in [0.4, 0.5) is 4.39 Å². The van der Waals surface area contributed by atoms with Crippen LogP contribution >= 0.6 is 10.7 Å². The quantitative estimate of drug-likeness (QED) is 0.800. The van der Waals surface area contributed by atoms with Crippen molar-refractivity contribution in [1.29, 1.82) is 0 Å². The second-order valence-corrected chi connectivity index (χ2v) is 7.73. The van der Waals surface area contributed by atoms with Gasteiger partial charge in [0.05, 0.1) is 14.6 Å². The smallest absolute Gasteiger partial charge is 0.244 e. The molecular weight excluding hydrogens is 277 g/mol. The molecule has 0 radical (unpaired) electrons. The molecule has 0 N–H and O–H groups in total. The predicted molar refractivity (Wildman–Crippen MR) is 60.6 cm³/mol. The zero-order valence-electron chi connectivity index (χ0n) is 8.26. The first-order chi connectivity index (χ1) is 7.28. The van der Waals surface area contributed by atoms with Crippen LogP contribution in [0.5, 0.6) is 0 Å². The van der Waals surface area contributed by atoms with Crippen molar-refractivity contribution >= 4 is 29.6 Å². The summed E-state index contributed by atoms with van der Waals surface area (Å²) in [5, 5.41) is 0. The van der Waals surface area contributed by atoms with Crippen LogP contribution in [-0.4, -0.2) is 18.4 Å². The Kier molecular flexibility index (Phi) is 3.92. The molecule has 0 bridgehead atoms. The van der Waals surface area contributed by atoms with Crippen molar-refractivity contribution in [2.24, 2.45) is 3.77 Å². The molecule has 0 fully saturated rings. The number of halogens is 2. The van der Waals surface area contributed by atoms with E-state index < -0.39 is 24.8 Å². The van der Waals surface area contributed by atoms with E-state index in [-0.39, 0.29) is 10.6 Å². The SMILES string of the molecule is CC[S@@](=O)(=NS(=O)(=O)Cl)c1ccccc1F. The molecule has 0 unspecified atom stereocenters. The van der Waals surface area contributed by atoms with Crippen molar-refractivity contribution in [2.75, 3.05) is 5.75 Å². The predicted octanol–water partition coefficient (Wildman–Crippen LogP) is 2.16. The highest BCUT2D eigenvalue weighted by molar-refractivity contribution is 8.17. The Morgan fingerprint density at radius 2 is 1.88 bits per heavy atom. The summed E-state index contributed by atoms with van der Waals surface area (Å²) in [5.41, 5.74) is 0. The van der Waals surface area contributed by atoms with Crippen molar-refractivity contribution in [3.05, 3.63) is 30.1 Å². The van der Waals surface area contributed by atoms with Crippen LogP contribution in [0.1, 0.15) is 6.92 Å². The summed E-state index contributed by atoms with van der Waals surface area (Å²) in [6.07, 6.45) is 0. The van der Waals surface area contributed by atoms with E-state index in [9.17, 15) is 17.0 Å². The van der Waals surface area contributed by atoms with Gasteiger partial charge in [-0.3, -0.25) is 0 Å². The first kappa shape index (κ1) is 13.4. The summed E-state index contributed by atoms with van der Waals surface area (Å²) in [5.74, 6) is -0.904. The zero-order valence-corrected chi connectivity index (χ0v) is 10.6. The number of hydrogen-bond donors (Lipinski definition) is 0. The third-order valence-electron chi connectivity index (χ3n) is 1.78. The van der Waals surface area contributed by atoms with E-state index in [0.717, 1.165) is 6.07 Å². The lowest BCUT2D eigenvalue weighted by molar-refractivity contribution is 0.593. The molecule has 0 saturated heterocycles. The molecule has 90 valence electrons. The molecular formula is C8H9ClFNO3S2. The molecule has 16 heavy (non-hydrogen) atoms. The Balaban J connectivity index is 3.57. The van der Waals surface area contributed by atoms with Crippen molar-refractivity contribution < 1.29 is 17.0 Å². The Morgan fingerprint density at radius 1 is 1.31 bits per heavy atom. The standard InChI is InChI=1S/C8H9ClFNO3S2/c1-2-15(12,11-16(9,13)14)8-6-4-3-5-7(8)10/h3-6H,2H2,1H3/t15-/m0/s1. The number of hydrogen-bond acceptors (Lipinski definition) is 3. The first-order valence-electron chi connectivity index (χ1n) is 4.24. The molecule has 0 aliphatic carbocycles. The fourth-order valence-electron chi connectivity index (χ4n) is 1.10. The van der Waals surface area contributed by atoms with Crippen LogP contribution in [0.3, 0.4) is 0 Å². The van der Waals surface area contributed by atoms with Gasteiger partial charge in [0.25, 0.3) is 0 Å². The molecule has 0 amide bonds. The van der Waals surface area contributed by atoms with E-state index in [1.54, 1.807) is 0 Å². The summed E-state index contributed by atoms with van der Waals surface area (Å²) in [6.45, 7) is 1.44. The van der Waals surface area contributed by atoms with Gasteiger partial charge in [-0.15, -0.1) is 0 Å². The number of benzene rings is 1. The van der Waals surface area contributed by atoms with E-state index in [0.29, 0.717) is 0 Å². The number of nitrogens with zero attached hydrogens (tertiary/aromatic N) is 1. The molecule has 1 atom stereocenters. The minimum Gasteiger partial charge on any atom is -0.244 e. The van der Waals surface area contributed by atoms with Crippen LogP contribution in [0, 0.1) is 5.82 Å². The molecule has 0 heterocycles. The molecule has 1 aromatic carbocycles. The third kappa shape index (κ3) is 3.16. The van der Waals surface area contributed by atoms with Gasteiger partial charge < -0.3 is 0 Å². The molecule has 1 aromatic rings. The monoisotopic (exact) mass is 285 g/mol. The van der Waals surface area contributed by atoms with Crippen molar-refractivity contribution in [3.8, 4) is 0 Å². The average molecular weight is 286 g/mol. The van der Waals surface area contributed by atoms with E-state index >= 15 is 0 Å². The third-order valence-corrected chi connectivity index (χ3v) is 5.76. The maximum absolute atomic E-state index is 13.4. The van der Waals surface area contributed by atoms with E-state index in [4.69, 9.17) is 10.7 Å². The maximum Gasteiger partial charge on any atom is 0.347 e. The first-order valence-corrected chi connectivity index (χ1v) is 8.19. The molecule has 0 aliphatic heterocycles. The van der Waals surface area contributed by atoms with Crippen LogP contribution in [0.2, 0.25) is 0 Å². The van der Waals surface area contributed by atoms with Crippen molar-refractivity contribution in [2.45, 2.75) is 11.8 Å². The summed E-state index contributed by atoms with van der Waals surface area (Å²) in [6, 6.07) is 5.17. The van der Waals surface area contributed by atoms with Gasteiger partial charge >= 0.3 is 9.24 Å². The number of rotatable bonds is 3. The summed E-state index contributed by atoms with van der Waals surface area (Å²) in [4.78, 5) is -0.248. The maximum atomic E-state index is 13.4. The van der Waals surface area contributed by atoms with Gasteiger partial charge in [0.1, 0.15) is 5.82 Å². The lowest BCUT2D eigenvalue weighted by Gasteiger charge is -2.06. The summed E-state index contributed by atoms with van der Waals surface area (Å²) >= 11 is 0. The summed E-state index contributed by atoms with van der Waals surface area (Å²) < 4.78 is 50.1. The van der Waals surface area contributed by atoms with Gasteiger partial charge in [-0.1, -0.05) is 22.8 Å². The minimum absolute atomic E-state index is 0.139. The fraction of sp³-hybridized carbons (Fsp3) is 0.250. The van der Waals surface area contributed by atoms with Gasteiger partial charge in [0.15, 0.2) is 0 Å². The molecule has 0 aromatic heterocycles. The van der Waals surface area contributed by atoms with E-state index in [2.05, 4.69) is 3.77 Å². The normalized spacial score (nSPS) is 15.4. The lowest BCUT2D eigenvalue weighted by Crippen LogP contribution is -2.08. The van der Waals surface area contributed by atoms with Gasteiger partial charge in [-0.25, -0.2) is 8.60 Å².